The molecule has 4 fully saturated rings. The Labute approximate surface area is 212 Å². The maximum atomic E-state index is 14.2. The van der Waals surface area contributed by atoms with Crippen LogP contribution >= 0.6 is 0 Å². The van der Waals surface area contributed by atoms with Crippen molar-refractivity contribution in [1.29, 1.82) is 0 Å². The van der Waals surface area contributed by atoms with E-state index in [0.29, 0.717) is 17.7 Å². The summed E-state index contributed by atoms with van der Waals surface area (Å²) in [6.45, 7) is 6.08. The first kappa shape index (κ1) is 23.5. The third-order valence-corrected chi connectivity index (χ3v) is 8.43. The van der Waals surface area contributed by atoms with Gasteiger partial charge in [0, 0.05) is 24.8 Å². The Kier molecular flexibility index (Phi) is 5.98. The molecule has 2 saturated carbocycles. The van der Waals surface area contributed by atoms with Crippen LogP contribution in [0.1, 0.15) is 57.9 Å². The summed E-state index contributed by atoms with van der Waals surface area (Å²) in [6.07, 6.45) is 6.28. The van der Waals surface area contributed by atoms with E-state index in [-0.39, 0.29) is 23.9 Å². The van der Waals surface area contributed by atoms with Crippen molar-refractivity contribution < 1.29 is 13.9 Å². The highest BCUT2D eigenvalue weighted by Crippen LogP contribution is 2.41. The highest BCUT2D eigenvalue weighted by molar-refractivity contribution is 6.19. The lowest BCUT2D eigenvalue weighted by molar-refractivity contribution is 0.123. The number of hydrogen-bond donors (Lipinski definition) is 1. The Bertz CT molecular complexity index is 1180. The van der Waals surface area contributed by atoms with Gasteiger partial charge in [0.05, 0.1) is 6.04 Å². The number of nitrogens with zero attached hydrogens (tertiary/aromatic N) is 3. The predicted octanol–water partition coefficient (Wildman–Crippen LogP) is 5.52. The highest BCUT2D eigenvalue weighted by atomic mass is 19.1. The molecule has 2 heterocycles. The van der Waals surface area contributed by atoms with Crippen LogP contribution in [0.5, 0.6) is 5.75 Å². The van der Waals surface area contributed by atoms with Gasteiger partial charge in [0.1, 0.15) is 29.0 Å². The molecule has 2 aromatic carbocycles. The van der Waals surface area contributed by atoms with Gasteiger partial charge in [-0.3, -0.25) is 20.1 Å². The minimum atomic E-state index is -0.580. The van der Waals surface area contributed by atoms with Crippen molar-refractivity contribution in [3.63, 3.8) is 0 Å². The first-order chi connectivity index (χ1) is 17.4. The Morgan fingerprint density at radius 1 is 1.17 bits per heavy atom. The number of anilines is 1. The maximum absolute atomic E-state index is 14.2. The topological polar surface area (TPSA) is 57.2 Å². The standard InChI is InChI=1S/C29H35FN4O2/c1-19-14-26(19)36-25-11-3-6-21(15-25)18-33-13-12-29(17-20(33)2)27(31-23-8-5-9-23)32-28(35)34(29)24-10-4-7-22(30)16-24/h3-4,6-7,10-11,15-16,19-20,23,26H,5,8-9,12-14,17-18H2,1-2H3,(H,31,32,35)/t19-,20+,26+,29?/m1/s1. The lowest BCUT2D eigenvalue weighted by atomic mass is 9.81. The average Bonchev–Trinajstić information content (AvgIpc) is 3.44. The number of likely N-dealkylation sites (tertiary alicyclic amines) is 1. The number of ether oxygens (including phenoxy) is 1. The molecule has 2 aliphatic carbocycles. The van der Waals surface area contributed by atoms with Gasteiger partial charge in [0.25, 0.3) is 0 Å². The van der Waals surface area contributed by atoms with Crippen LogP contribution in [0, 0.1) is 11.7 Å². The summed E-state index contributed by atoms with van der Waals surface area (Å²) in [5.74, 6) is 2.02. The number of urea groups is 1. The SMILES string of the molecule is C[C@@H]1C[C@@H]1Oc1cccc(CN2CCC3(C[C@@H]2C)C(=NC2CCC2)NC(=O)N3c2cccc(F)c2)c1. The zero-order valence-corrected chi connectivity index (χ0v) is 21.1. The van der Waals surface area contributed by atoms with Crippen LogP contribution < -0.4 is 15.0 Å². The number of halogens is 1. The van der Waals surface area contributed by atoms with Crippen LogP contribution in [-0.2, 0) is 6.54 Å². The number of piperidine rings is 1. The van der Waals surface area contributed by atoms with E-state index in [1.165, 1.54) is 24.1 Å². The summed E-state index contributed by atoms with van der Waals surface area (Å²) in [5.41, 5.74) is 1.24. The highest BCUT2D eigenvalue weighted by Gasteiger charge is 2.54. The monoisotopic (exact) mass is 490 g/mol. The van der Waals surface area contributed by atoms with Crippen molar-refractivity contribution in [1.82, 2.24) is 10.2 Å². The van der Waals surface area contributed by atoms with Crippen LogP contribution in [0.3, 0.4) is 0 Å². The number of benzene rings is 2. The molecular weight excluding hydrogens is 455 g/mol. The number of amidine groups is 1. The molecule has 7 heteroatoms. The summed E-state index contributed by atoms with van der Waals surface area (Å²) < 4.78 is 20.3. The molecule has 1 unspecified atom stereocenters. The molecule has 1 N–H and O–H groups in total. The fourth-order valence-electron chi connectivity index (χ4n) is 5.90. The molecule has 4 aliphatic rings. The van der Waals surface area contributed by atoms with Gasteiger partial charge in [0.2, 0.25) is 0 Å². The quantitative estimate of drug-likeness (QED) is 0.580. The van der Waals surface area contributed by atoms with E-state index >= 15 is 0 Å². The number of rotatable bonds is 6. The second-order valence-electron chi connectivity index (χ2n) is 11.1. The van der Waals surface area contributed by atoms with Crippen molar-refractivity contribution in [2.45, 2.75) is 82.6 Å². The molecular formula is C29H35FN4O2. The van der Waals surface area contributed by atoms with Crippen LogP contribution in [0.25, 0.3) is 0 Å². The molecule has 0 bridgehead atoms. The number of amides is 2. The van der Waals surface area contributed by atoms with Crippen molar-refractivity contribution in [2.24, 2.45) is 10.9 Å². The van der Waals surface area contributed by atoms with E-state index in [4.69, 9.17) is 9.73 Å². The van der Waals surface area contributed by atoms with E-state index in [1.54, 1.807) is 11.0 Å². The first-order valence-corrected chi connectivity index (χ1v) is 13.4. The van der Waals surface area contributed by atoms with Gasteiger partial charge in [-0.05, 0) is 87.3 Å². The Morgan fingerprint density at radius 3 is 2.67 bits per heavy atom. The molecule has 0 aromatic heterocycles. The van der Waals surface area contributed by atoms with E-state index < -0.39 is 5.54 Å². The van der Waals surface area contributed by atoms with Crippen LogP contribution in [-0.4, -0.2) is 47.0 Å². The van der Waals surface area contributed by atoms with E-state index in [2.05, 4.69) is 42.3 Å². The van der Waals surface area contributed by atoms with Gasteiger partial charge in [-0.2, -0.15) is 0 Å². The molecule has 190 valence electrons. The lowest BCUT2D eigenvalue weighted by Crippen LogP contribution is -2.59. The number of aliphatic imine (C=N–C) groups is 1. The normalized spacial score (nSPS) is 31.5. The van der Waals surface area contributed by atoms with Gasteiger partial charge in [-0.25, -0.2) is 9.18 Å². The molecule has 2 aliphatic heterocycles. The summed E-state index contributed by atoms with van der Waals surface area (Å²) in [5, 5.41) is 3.08. The molecule has 2 aromatic rings. The smallest absolute Gasteiger partial charge is 0.328 e. The Balaban J connectivity index is 1.24. The molecule has 6 nitrogen and oxygen atoms in total. The van der Waals surface area contributed by atoms with Crippen LogP contribution in [0.15, 0.2) is 53.5 Å². The van der Waals surface area contributed by atoms with Crippen LogP contribution in [0.2, 0.25) is 0 Å². The third kappa shape index (κ3) is 4.38. The van der Waals surface area contributed by atoms with Gasteiger partial charge >= 0.3 is 6.03 Å². The van der Waals surface area contributed by atoms with Gasteiger partial charge in [0.15, 0.2) is 0 Å². The molecule has 1 spiro atoms. The zero-order valence-electron chi connectivity index (χ0n) is 21.1. The van der Waals surface area contributed by atoms with Crippen LogP contribution in [0.4, 0.5) is 14.9 Å². The Hall–Kier alpha value is -2.93. The van der Waals surface area contributed by atoms with E-state index in [1.807, 2.05) is 12.1 Å². The average molecular weight is 491 g/mol. The summed E-state index contributed by atoms with van der Waals surface area (Å²) in [4.78, 5) is 22.5. The van der Waals surface area contributed by atoms with Gasteiger partial charge < -0.3 is 4.74 Å². The lowest BCUT2D eigenvalue weighted by Gasteiger charge is -2.47. The summed E-state index contributed by atoms with van der Waals surface area (Å²) in [6, 6.07) is 15.1. The number of carbonyl (C=O) groups is 1. The van der Waals surface area contributed by atoms with E-state index in [0.717, 1.165) is 56.8 Å². The first-order valence-electron chi connectivity index (χ1n) is 13.4. The fourth-order valence-corrected chi connectivity index (χ4v) is 5.90. The van der Waals surface area contributed by atoms with Crippen molar-refractivity contribution in [3.05, 3.63) is 59.9 Å². The zero-order chi connectivity index (χ0) is 24.9. The summed E-state index contributed by atoms with van der Waals surface area (Å²) >= 11 is 0. The number of hydrogen-bond acceptors (Lipinski definition) is 4. The van der Waals surface area contributed by atoms with Crippen molar-refractivity contribution >= 4 is 17.6 Å². The minimum absolute atomic E-state index is 0.210. The summed E-state index contributed by atoms with van der Waals surface area (Å²) in [7, 11) is 0. The van der Waals surface area contributed by atoms with Gasteiger partial charge in [-0.15, -0.1) is 0 Å². The predicted molar refractivity (Wildman–Crippen MR) is 139 cm³/mol. The fraction of sp³-hybridized carbons (Fsp3) is 0.517. The molecule has 0 radical (unpaired) electrons. The van der Waals surface area contributed by atoms with Gasteiger partial charge in [-0.1, -0.05) is 25.1 Å². The van der Waals surface area contributed by atoms with E-state index in [9.17, 15) is 9.18 Å². The third-order valence-electron chi connectivity index (χ3n) is 8.43. The molecule has 2 amide bonds. The number of nitrogens with one attached hydrogen (secondary N) is 1. The van der Waals surface area contributed by atoms with Crippen molar-refractivity contribution in [2.75, 3.05) is 11.4 Å². The molecule has 6 rings (SSSR count). The largest absolute Gasteiger partial charge is 0.490 e. The van der Waals surface area contributed by atoms with Crippen molar-refractivity contribution in [3.8, 4) is 5.75 Å². The maximum Gasteiger partial charge on any atom is 0.328 e. The second-order valence-corrected chi connectivity index (χ2v) is 11.1. The molecule has 4 atom stereocenters. The minimum Gasteiger partial charge on any atom is -0.490 e. The Morgan fingerprint density at radius 2 is 1.97 bits per heavy atom. The second kappa shape index (κ2) is 9.18. The molecule has 36 heavy (non-hydrogen) atoms. The number of carbonyl (C=O) groups excluding carboxylic acids is 1. The molecule has 2 saturated heterocycles.